The summed E-state index contributed by atoms with van der Waals surface area (Å²) < 4.78 is 0. The van der Waals surface area contributed by atoms with Crippen molar-refractivity contribution in [2.45, 2.75) is 12.8 Å². The van der Waals surface area contributed by atoms with Crippen LogP contribution >= 0.6 is 0 Å². The van der Waals surface area contributed by atoms with E-state index in [0.717, 1.165) is 12.8 Å². The Bertz CT molecular complexity index is 239. The molecule has 1 heteroatoms. The second-order valence-corrected chi connectivity index (χ2v) is 2.77. The van der Waals surface area contributed by atoms with Gasteiger partial charge in [-0.1, -0.05) is 24.3 Å². The highest BCUT2D eigenvalue weighted by atomic mass is 14.9. The van der Waals surface area contributed by atoms with Gasteiger partial charge in [0.2, 0.25) is 0 Å². The highest BCUT2D eigenvalue weighted by Gasteiger charge is 2.02. The van der Waals surface area contributed by atoms with E-state index in [0.29, 0.717) is 0 Å². The monoisotopic (exact) mass is 145 g/mol. The van der Waals surface area contributed by atoms with Crippen LogP contribution in [-0.4, -0.2) is 0 Å². The molecule has 56 valence electrons. The van der Waals surface area contributed by atoms with Gasteiger partial charge in [-0.05, 0) is 12.2 Å². The Kier molecular flexibility index (Phi) is 1.64. The van der Waals surface area contributed by atoms with Crippen molar-refractivity contribution in [2.75, 3.05) is 0 Å². The Morgan fingerprint density at radius 3 is 1.82 bits per heavy atom. The molecule has 2 aliphatic carbocycles. The lowest BCUT2D eigenvalue weighted by Gasteiger charge is -2.06. The molecule has 0 amide bonds. The largest absolute Gasteiger partial charge is 0.362 e. The van der Waals surface area contributed by atoms with Crippen LogP contribution in [0.1, 0.15) is 12.8 Å². The van der Waals surface area contributed by atoms with E-state index in [9.17, 15) is 0 Å². The first kappa shape index (κ1) is 6.47. The second kappa shape index (κ2) is 2.79. The highest BCUT2D eigenvalue weighted by Crippen LogP contribution is 2.13. The van der Waals surface area contributed by atoms with Crippen LogP contribution in [0.4, 0.5) is 0 Å². The minimum Gasteiger partial charge on any atom is -0.362 e. The van der Waals surface area contributed by atoms with Crippen molar-refractivity contribution >= 4 is 0 Å². The van der Waals surface area contributed by atoms with Crippen LogP contribution in [0.2, 0.25) is 0 Å². The summed E-state index contributed by atoms with van der Waals surface area (Å²) in [7, 11) is 0. The van der Waals surface area contributed by atoms with Crippen molar-refractivity contribution in [3.63, 3.8) is 0 Å². The van der Waals surface area contributed by atoms with E-state index < -0.39 is 0 Å². The molecule has 0 aromatic carbocycles. The van der Waals surface area contributed by atoms with Crippen molar-refractivity contribution in [1.82, 2.24) is 5.32 Å². The summed E-state index contributed by atoms with van der Waals surface area (Å²) in [5, 5.41) is 3.38. The van der Waals surface area contributed by atoms with Crippen LogP contribution in [0.25, 0.3) is 0 Å². The minimum absolute atomic E-state index is 1.05. The zero-order valence-electron chi connectivity index (χ0n) is 6.38. The molecule has 0 heterocycles. The van der Waals surface area contributed by atoms with Crippen LogP contribution in [0.5, 0.6) is 0 Å². The van der Waals surface area contributed by atoms with Gasteiger partial charge >= 0.3 is 0 Å². The Morgan fingerprint density at radius 1 is 0.909 bits per heavy atom. The third-order valence-electron chi connectivity index (χ3n) is 1.86. The quantitative estimate of drug-likeness (QED) is 0.628. The first-order chi connectivity index (χ1) is 5.45. The first-order valence-corrected chi connectivity index (χ1v) is 3.93. The molecular weight excluding hydrogens is 134 g/mol. The maximum Gasteiger partial charge on any atom is 0.0187 e. The zero-order valence-corrected chi connectivity index (χ0v) is 6.38. The van der Waals surface area contributed by atoms with Gasteiger partial charge in [0.15, 0.2) is 0 Å². The molecular formula is C10H11N. The third-order valence-corrected chi connectivity index (χ3v) is 1.86. The van der Waals surface area contributed by atoms with Crippen LogP contribution in [0.3, 0.4) is 0 Å². The van der Waals surface area contributed by atoms with E-state index in [2.05, 4.69) is 41.8 Å². The van der Waals surface area contributed by atoms with Crippen LogP contribution in [-0.2, 0) is 0 Å². The van der Waals surface area contributed by atoms with Gasteiger partial charge in [0, 0.05) is 24.2 Å². The summed E-state index contributed by atoms with van der Waals surface area (Å²) in [6, 6.07) is 0. The topological polar surface area (TPSA) is 12.0 Å². The smallest absolute Gasteiger partial charge is 0.0187 e. The molecule has 1 N–H and O–H groups in total. The maximum absolute atomic E-state index is 3.38. The van der Waals surface area contributed by atoms with E-state index in [1.54, 1.807) is 0 Å². The molecule has 0 bridgehead atoms. The first-order valence-electron chi connectivity index (χ1n) is 3.93. The van der Waals surface area contributed by atoms with Gasteiger partial charge in [-0.3, -0.25) is 0 Å². The number of allylic oxidation sites excluding steroid dienone is 6. The molecule has 0 saturated carbocycles. The molecule has 0 radical (unpaired) electrons. The summed E-state index contributed by atoms with van der Waals surface area (Å²) >= 11 is 0. The Balaban J connectivity index is 1.91. The van der Waals surface area contributed by atoms with Crippen molar-refractivity contribution < 1.29 is 0 Å². The van der Waals surface area contributed by atoms with Gasteiger partial charge in [-0.25, -0.2) is 0 Å². The molecule has 0 unspecified atom stereocenters. The van der Waals surface area contributed by atoms with Gasteiger partial charge in [0.05, 0.1) is 0 Å². The fourth-order valence-corrected chi connectivity index (χ4v) is 1.29. The molecule has 11 heavy (non-hydrogen) atoms. The van der Waals surface area contributed by atoms with Crippen molar-refractivity contribution in [2.24, 2.45) is 0 Å². The van der Waals surface area contributed by atoms with Crippen molar-refractivity contribution in [3.8, 4) is 0 Å². The average molecular weight is 145 g/mol. The van der Waals surface area contributed by atoms with Gasteiger partial charge in [-0.2, -0.15) is 0 Å². The van der Waals surface area contributed by atoms with Crippen molar-refractivity contribution in [3.05, 3.63) is 47.9 Å². The van der Waals surface area contributed by atoms with E-state index in [1.165, 1.54) is 11.4 Å². The average Bonchev–Trinajstić information content (AvgIpc) is 2.60. The Morgan fingerprint density at radius 2 is 1.45 bits per heavy atom. The molecule has 0 spiro atoms. The Labute approximate surface area is 66.8 Å². The maximum atomic E-state index is 3.38. The molecule has 0 fully saturated rings. The van der Waals surface area contributed by atoms with Gasteiger partial charge in [-0.15, -0.1) is 0 Å². The van der Waals surface area contributed by atoms with Crippen LogP contribution in [0.15, 0.2) is 47.9 Å². The lowest BCUT2D eigenvalue weighted by molar-refractivity contribution is 0.911. The number of hydrogen-bond donors (Lipinski definition) is 1. The molecule has 1 nitrogen and oxygen atoms in total. The van der Waals surface area contributed by atoms with Gasteiger partial charge in [0.25, 0.3) is 0 Å². The summed E-state index contributed by atoms with van der Waals surface area (Å²) in [4.78, 5) is 0. The SMILES string of the molecule is C1=CCC(NC2=CC=CC2)=C1. The van der Waals surface area contributed by atoms with E-state index >= 15 is 0 Å². The van der Waals surface area contributed by atoms with E-state index in [4.69, 9.17) is 0 Å². The fourth-order valence-electron chi connectivity index (χ4n) is 1.29. The van der Waals surface area contributed by atoms with Gasteiger partial charge < -0.3 is 5.32 Å². The van der Waals surface area contributed by atoms with E-state index in [1.807, 2.05) is 0 Å². The predicted octanol–water partition coefficient (Wildman–Crippen LogP) is 2.26. The molecule has 2 aliphatic rings. The van der Waals surface area contributed by atoms with Crippen LogP contribution in [0, 0.1) is 0 Å². The summed E-state index contributed by atoms with van der Waals surface area (Å²) in [5.41, 5.74) is 2.61. The van der Waals surface area contributed by atoms with E-state index in [-0.39, 0.29) is 0 Å². The number of hydrogen-bond acceptors (Lipinski definition) is 1. The third kappa shape index (κ3) is 1.43. The lowest BCUT2D eigenvalue weighted by Crippen LogP contribution is -2.09. The standard InChI is InChI=1S/C10H11N/c1-2-6-9(5-1)11-10-7-3-4-8-10/h1-5,7,11H,6,8H2. The summed E-state index contributed by atoms with van der Waals surface area (Å²) in [6.07, 6.45) is 14.8. The fraction of sp³-hybridized carbons (Fsp3) is 0.200. The highest BCUT2D eigenvalue weighted by molar-refractivity contribution is 5.29. The number of rotatable bonds is 2. The summed E-state index contributed by atoms with van der Waals surface area (Å²) in [5.74, 6) is 0. The lowest BCUT2D eigenvalue weighted by atomic mass is 10.3. The molecule has 0 aromatic rings. The molecule has 0 saturated heterocycles. The Hall–Kier alpha value is -1.24. The van der Waals surface area contributed by atoms with Gasteiger partial charge in [0.1, 0.15) is 0 Å². The molecule has 2 rings (SSSR count). The number of nitrogens with one attached hydrogen (secondary N) is 1. The molecule has 0 aliphatic heterocycles. The molecule has 0 atom stereocenters. The minimum atomic E-state index is 1.05. The zero-order chi connectivity index (χ0) is 7.52. The normalized spacial score (nSPS) is 20.4. The molecule has 0 aromatic heterocycles. The second-order valence-electron chi connectivity index (χ2n) is 2.77. The van der Waals surface area contributed by atoms with Crippen molar-refractivity contribution in [1.29, 1.82) is 0 Å². The van der Waals surface area contributed by atoms with Crippen LogP contribution < -0.4 is 5.32 Å². The predicted molar refractivity (Wildman–Crippen MR) is 46.8 cm³/mol. The summed E-state index contributed by atoms with van der Waals surface area (Å²) in [6.45, 7) is 0.